The summed E-state index contributed by atoms with van der Waals surface area (Å²) in [4.78, 5) is 11.3. The highest BCUT2D eigenvalue weighted by Gasteiger charge is 2.08. The lowest BCUT2D eigenvalue weighted by molar-refractivity contribution is 0.0936. The maximum absolute atomic E-state index is 12.7. The van der Waals surface area contributed by atoms with Crippen molar-refractivity contribution in [3.05, 3.63) is 35.4 Å². The molecule has 82 valence electrons. The zero-order valence-electron chi connectivity index (χ0n) is 8.22. The van der Waals surface area contributed by atoms with E-state index < -0.39 is 17.5 Å². The zero-order chi connectivity index (χ0) is 11.3. The van der Waals surface area contributed by atoms with Crippen molar-refractivity contribution < 1.29 is 18.3 Å². The number of halogens is 2. The van der Waals surface area contributed by atoms with Crippen molar-refractivity contribution in [2.75, 3.05) is 20.3 Å². The lowest BCUT2D eigenvalue weighted by Gasteiger charge is -2.04. The van der Waals surface area contributed by atoms with Gasteiger partial charge >= 0.3 is 0 Å². The molecular formula is C10H11F2NO2. The van der Waals surface area contributed by atoms with Crippen LogP contribution in [0.4, 0.5) is 8.78 Å². The first-order chi connectivity index (χ1) is 7.13. The third kappa shape index (κ3) is 3.63. The number of amides is 1. The molecule has 0 bridgehead atoms. The highest BCUT2D eigenvalue weighted by molar-refractivity contribution is 5.94. The molecule has 0 aliphatic carbocycles. The van der Waals surface area contributed by atoms with Gasteiger partial charge in [-0.25, -0.2) is 8.78 Å². The molecule has 1 aromatic rings. The molecule has 3 nitrogen and oxygen atoms in total. The van der Waals surface area contributed by atoms with Crippen molar-refractivity contribution in [3.8, 4) is 0 Å². The average molecular weight is 215 g/mol. The Morgan fingerprint density at radius 3 is 2.47 bits per heavy atom. The normalized spacial score (nSPS) is 10.1. The van der Waals surface area contributed by atoms with Crippen LogP contribution in [-0.2, 0) is 4.74 Å². The van der Waals surface area contributed by atoms with E-state index in [9.17, 15) is 13.6 Å². The first kappa shape index (κ1) is 11.6. The highest BCUT2D eigenvalue weighted by Crippen LogP contribution is 2.07. The Morgan fingerprint density at radius 2 is 1.93 bits per heavy atom. The molecule has 0 saturated heterocycles. The molecule has 5 heteroatoms. The number of nitrogens with one attached hydrogen (secondary N) is 1. The van der Waals surface area contributed by atoms with Crippen LogP contribution >= 0.6 is 0 Å². The van der Waals surface area contributed by atoms with Crippen LogP contribution in [0.2, 0.25) is 0 Å². The predicted octanol–water partition coefficient (Wildman–Crippen LogP) is 1.34. The summed E-state index contributed by atoms with van der Waals surface area (Å²) in [5, 5.41) is 2.46. The molecule has 0 spiro atoms. The lowest BCUT2D eigenvalue weighted by atomic mass is 10.2. The molecule has 1 amide bonds. The van der Waals surface area contributed by atoms with Crippen molar-refractivity contribution in [3.63, 3.8) is 0 Å². The Bertz CT molecular complexity index is 335. The van der Waals surface area contributed by atoms with Crippen LogP contribution in [0.25, 0.3) is 0 Å². The Morgan fingerprint density at radius 1 is 1.33 bits per heavy atom. The molecule has 1 rings (SSSR count). The summed E-state index contributed by atoms with van der Waals surface area (Å²) in [6.07, 6.45) is 0. The van der Waals surface area contributed by atoms with Crippen LogP contribution in [0.15, 0.2) is 18.2 Å². The molecule has 0 saturated carbocycles. The number of methoxy groups -OCH3 is 1. The molecule has 0 aromatic heterocycles. The number of hydrogen-bond donors (Lipinski definition) is 1. The second-order valence-electron chi connectivity index (χ2n) is 2.91. The highest BCUT2D eigenvalue weighted by atomic mass is 19.1. The van der Waals surface area contributed by atoms with Gasteiger partial charge in [-0.1, -0.05) is 0 Å². The smallest absolute Gasteiger partial charge is 0.251 e. The minimum absolute atomic E-state index is 0.0383. The van der Waals surface area contributed by atoms with Crippen molar-refractivity contribution in [2.45, 2.75) is 0 Å². The molecule has 0 radical (unpaired) electrons. The van der Waals surface area contributed by atoms with Crippen LogP contribution in [0.3, 0.4) is 0 Å². The third-order valence-corrected chi connectivity index (χ3v) is 1.72. The number of ether oxygens (including phenoxy) is 1. The Kier molecular flexibility index (Phi) is 4.17. The minimum atomic E-state index is -0.771. The van der Waals surface area contributed by atoms with Crippen LogP contribution in [0.1, 0.15) is 10.4 Å². The van der Waals surface area contributed by atoms with Gasteiger partial charge in [0.1, 0.15) is 11.6 Å². The zero-order valence-corrected chi connectivity index (χ0v) is 8.22. The van der Waals surface area contributed by atoms with Gasteiger partial charge in [-0.15, -0.1) is 0 Å². The molecular weight excluding hydrogens is 204 g/mol. The molecule has 0 heterocycles. The van der Waals surface area contributed by atoms with E-state index in [1.807, 2.05) is 0 Å². The summed E-state index contributed by atoms with van der Waals surface area (Å²) in [5.41, 5.74) is -0.0383. The first-order valence-corrected chi connectivity index (χ1v) is 4.36. The van der Waals surface area contributed by atoms with Gasteiger partial charge in [0.2, 0.25) is 0 Å². The van der Waals surface area contributed by atoms with E-state index in [1.54, 1.807) is 0 Å². The molecule has 0 fully saturated rings. The number of benzene rings is 1. The summed E-state index contributed by atoms with van der Waals surface area (Å²) in [7, 11) is 1.49. The quantitative estimate of drug-likeness (QED) is 0.770. The number of carbonyl (C=O) groups excluding carboxylic acids is 1. The topological polar surface area (TPSA) is 38.3 Å². The van der Waals surface area contributed by atoms with Gasteiger partial charge in [-0.2, -0.15) is 0 Å². The van der Waals surface area contributed by atoms with E-state index in [-0.39, 0.29) is 5.56 Å². The average Bonchev–Trinajstić information content (AvgIpc) is 2.16. The first-order valence-electron chi connectivity index (χ1n) is 4.36. The van der Waals surface area contributed by atoms with E-state index in [0.717, 1.165) is 12.1 Å². The van der Waals surface area contributed by atoms with Crippen LogP contribution < -0.4 is 5.32 Å². The van der Waals surface area contributed by atoms with Crippen molar-refractivity contribution in [2.24, 2.45) is 0 Å². The second kappa shape index (κ2) is 5.41. The van der Waals surface area contributed by atoms with Crippen molar-refractivity contribution >= 4 is 5.91 Å². The standard InChI is InChI=1S/C10H11F2NO2/c1-15-3-2-13-10(14)7-4-8(11)6-9(12)5-7/h4-6H,2-3H2,1H3,(H,13,14). The lowest BCUT2D eigenvalue weighted by Crippen LogP contribution is -2.27. The van der Waals surface area contributed by atoms with Gasteiger partial charge in [0, 0.05) is 25.3 Å². The maximum atomic E-state index is 12.7. The van der Waals surface area contributed by atoms with E-state index in [1.165, 1.54) is 7.11 Å². The minimum Gasteiger partial charge on any atom is -0.383 e. The van der Waals surface area contributed by atoms with Gasteiger partial charge < -0.3 is 10.1 Å². The number of rotatable bonds is 4. The second-order valence-corrected chi connectivity index (χ2v) is 2.91. The summed E-state index contributed by atoms with van der Waals surface area (Å²) in [6.45, 7) is 0.650. The summed E-state index contributed by atoms with van der Waals surface area (Å²) in [5.74, 6) is -2.07. The Balaban J connectivity index is 2.65. The summed E-state index contributed by atoms with van der Waals surface area (Å²) >= 11 is 0. The van der Waals surface area contributed by atoms with E-state index in [0.29, 0.717) is 19.2 Å². The monoisotopic (exact) mass is 215 g/mol. The number of hydrogen-bond acceptors (Lipinski definition) is 2. The van der Waals surface area contributed by atoms with Gasteiger partial charge in [0.25, 0.3) is 5.91 Å². The maximum Gasteiger partial charge on any atom is 0.251 e. The van der Waals surface area contributed by atoms with E-state index in [4.69, 9.17) is 4.74 Å². The van der Waals surface area contributed by atoms with Crippen molar-refractivity contribution in [1.82, 2.24) is 5.32 Å². The Labute approximate surface area is 86.0 Å². The molecule has 1 aromatic carbocycles. The van der Waals surface area contributed by atoms with Gasteiger partial charge in [0.05, 0.1) is 6.61 Å². The fraction of sp³-hybridized carbons (Fsp3) is 0.300. The fourth-order valence-electron chi connectivity index (χ4n) is 1.05. The van der Waals surface area contributed by atoms with Crippen molar-refractivity contribution in [1.29, 1.82) is 0 Å². The van der Waals surface area contributed by atoms with Crippen LogP contribution in [0, 0.1) is 11.6 Å². The molecule has 0 unspecified atom stereocenters. The predicted molar refractivity (Wildman–Crippen MR) is 50.6 cm³/mol. The van der Waals surface area contributed by atoms with Crippen LogP contribution in [-0.4, -0.2) is 26.2 Å². The summed E-state index contributed by atoms with van der Waals surface area (Å²) in [6, 6.07) is 2.67. The van der Waals surface area contributed by atoms with E-state index >= 15 is 0 Å². The SMILES string of the molecule is COCCNC(=O)c1cc(F)cc(F)c1. The molecule has 0 aliphatic rings. The molecule has 0 atom stereocenters. The fourth-order valence-corrected chi connectivity index (χ4v) is 1.05. The van der Waals surface area contributed by atoms with E-state index in [2.05, 4.69) is 5.32 Å². The van der Waals surface area contributed by atoms with Crippen LogP contribution in [0.5, 0.6) is 0 Å². The largest absolute Gasteiger partial charge is 0.383 e. The Hall–Kier alpha value is -1.49. The molecule has 0 aliphatic heterocycles. The summed E-state index contributed by atoms with van der Waals surface area (Å²) < 4.78 is 30.2. The van der Waals surface area contributed by atoms with Gasteiger partial charge in [-0.05, 0) is 12.1 Å². The van der Waals surface area contributed by atoms with Gasteiger partial charge in [-0.3, -0.25) is 4.79 Å². The third-order valence-electron chi connectivity index (χ3n) is 1.72. The molecule has 1 N–H and O–H groups in total. The van der Waals surface area contributed by atoms with Gasteiger partial charge in [0.15, 0.2) is 0 Å². The molecule has 15 heavy (non-hydrogen) atoms. The number of carbonyl (C=O) groups is 1.